The van der Waals surface area contributed by atoms with Crippen LogP contribution in [-0.2, 0) is 4.79 Å². The van der Waals surface area contributed by atoms with Gasteiger partial charge in [-0.2, -0.15) is 5.26 Å². The van der Waals surface area contributed by atoms with E-state index in [1.807, 2.05) is 49.4 Å². The maximum Gasteiger partial charge on any atom is 0.325 e. The van der Waals surface area contributed by atoms with E-state index >= 15 is 0 Å². The molecule has 0 saturated carbocycles. The number of fused-ring (bicyclic) bond motifs is 1. The molecule has 2 N–H and O–H groups in total. The fourth-order valence-corrected chi connectivity index (χ4v) is 3.63. The molecule has 1 heterocycles. The number of aryl methyl sites for hydroxylation is 1. The molecule has 1 aromatic heterocycles. The van der Waals surface area contributed by atoms with E-state index in [4.69, 9.17) is 0 Å². The van der Waals surface area contributed by atoms with Crippen LogP contribution in [0.4, 0.5) is 10.1 Å². The SMILES string of the molecule is Cc1cccc(-c2ccc(-c3nc4ccc(F)cc4c(NC(C)C(=O)O)c3C#N)cc2)c1. The molecule has 0 amide bonds. The zero-order valence-corrected chi connectivity index (χ0v) is 17.6. The number of benzene rings is 3. The monoisotopic (exact) mass is 425 g/mol. The smallest absolute Gasteiger partial charge is 0.325 e. The van der Waals surface area contributed by atoms with E-state index in [9.17, 15) is 19.6 Å². The molecule has 0 bridgehead atoms. The number of nitriles is 1. The Balaban J connectivity index is 1.88. The molecule has 0 spiro atoms. The average Bonchev–Trinajstić information content (AvgIpc) is 2.79. The molecule has 158 valence electrons. The van der Waals surface area contributed by atoms with Gasteiger partial charge in [-0.3, -0.25) is 4.79 Å². The summed E-state index contributed by atoms with van der Waals surface area (Å²) in [5, 5.41) is 22.5. The minimum Gasteiger partial charge on any atom is -0.480 e. The van der Waals surface area contributed by atoms with Crippen molar-refractivity contribution in [3.05, 3.63) is 83.7 Å². The average molecular weight is 425 g/mol. The molecule has 32 heavy (non-hydrogen) atoms. The predicted molar refractivity (Wildman–Crippen MR) is 123 cm³/mol. The number of carboxylic acids is 1. The number of carbonyl (C=O) groups is 1. The number of aromatic nitrogens is 1. The highest BCUT2D eigenvalue weighted by Crippen LogP contribution is 2.35. The van der Waals surface area contributed by atoms with E-state index in [1.54, 1.807) is 0 Å². The topological polar surface area (TPSA) is 86.0 Å². The molecule has 5 nitrogen and oxygen atoms in total. The molecule has 0 aliphatic heterocycles. The molecule has 4 aromatic rings. The summed E-state index contributed by atoms with van der Waals surface area (Å²) in [4.78, 5) is 16.0. The molecular formula is C26H20FN3O2. The normalized spacial score (nSPS) is 11.7. The van der Waals surface area contributed by atoms with E-state index < -0.39 is 17.8 Å². The number of hydrogen-bond acceptors (Lipinski definition) is 4. The van der Waals surface area contributed by atoms with Crippen molar-refractivity contribution < 1.29 is 14.3 Å². The van der Waals surface area contributed by atoms with Crippen LogP contribution in [0.5, 0.6) is 0 Å². The first-order chi connectivity index (χ1) is 15.4. The van der Waals surface area contributed by atoms with E-state index in [-0.39, 0.29) is 11.3 Å². The number of rotatable bonds is 5. The Labute approximate surface area is 184 Å². The van der Waals surface area contributed by atoms with Gasteiger partial charge in [0, 0.05) is 10.9 Å². The summed E-state index contributed by atoms with van der Waals surface area (Å²) >= 11 is 0. The van der Waals surface area contributed by atoms with Gasteiger partial charge >= 0.3 is 5.97 Å². The Bertz CT molecular complexity index is 1370. The molecule has 0 saturated heterocycles. The Morgan fingerprint density at radius 2 is 1.78 bits per heavy atom. The summed E-state index contributed by atoms with van der Waals surface area (Å²) in [6.45, 7) is 3.50. The Morgan fingerprint density at radius 1 is 1.06 bits per heavy atom. The molecule has 0 fully saturated rings. The number of pyridine rings is 1. The van der Waals surface area contributed by atoms with E-state index in [0.717, 1.165) is 16.7 Å². The second-order valence-corrected chi connectivity index (χ2v) is 7.63. The van der Waals surface area contributed by atoms with Gasteiger partial charge in [0.05, 0.1) is 16.9 Å². The largest absolute Gasteiger partial charge is 0.480 e. The lowest BCUT2D eigenvalue weighted by Crippen LogP contribution is -2.26. The Morgan fingerprint density at radius 3 is 2.44 bits per heavy atom. The molecule has 1 atom stereocenters. The summed E-state index contributed by atoms with van der Waals surface area (Å²) in [5.41, 5.74) is 5.25. The molecule has 0 radical (unpaired) electrons. The van der Waals surface area contributed by atoms with Gasteiger partial charge < -0.3 is 10.4 Å². The lowest BCUT2D eigenvalue weighted by atomic mass is 9.98. The first-order valence-electron chi connectivity index (χ1n) is 10.1. The summed E-state index contributed by atoms with van der Waals surface area (Å²) < 4.78 is 14.0. The molecule has 3 aromatic carbocycles. The third-order valence-electron chi connectivity index (χ3n) is 5.30. The van der Waals surface area contributed by atoms with Gasteiger partial charge in [0.15, 0.2) is 0 Å². The highest BCUT2D eigenvalue weighted by Gasteiger charge is 2.20. The summed E-state index contributed by atoms with van der Waals surface area (Å²) in [5.74, 6) is -1.58. The second-order valence-electron chi connectivity index (χ2n) is 7.63. The van der Waals surface area contributed by atoms with Gasteiger partial charge in [0.2, 0.25) is 0 Å². The van der Waals surface area contributed by atoms with E-state index in [0.29, 0.717) is 22.2 Å². The van der Waals surface area contributed by atoms with Crippen LogP contribution in [-0.4, -0.2) is 22.1 Å². The lowest BCUT2D eigenvalue weighted by molar-refractivity contribution is -0.137. The number of anilines is 1. The maximum absolute atomic E-state index is 14.0. The summed E-state index contributed by atoms with van der Waals surface area (Å²) in [6.07, 6.45) is 0. The zero-order valence-electron chi connectivity index (χ0n) is 17.6. The summed E-state index contributed by atoms with van der Waals surface area (Å²) in [6, 6.07) is 21.0. The van der Waals surface area contributed by atoms with E-state index in [1.165, 1.54) is 25.1 Å². The van der Waals surface area contributed by atoms with Crippen LogP contribution >= 0.6 is 0 Å². The highest BCUT2D eigenvalue weighted by molar-refractivity contribution is 5.99. The Hall–Kier alpha value is -4.24. The zero-order chi connectivity index (χ0) is 22.8. The minimum atomic E-state index is -1.08. The van der Waals surface area contributed by atoms with Crippen molar-refractivity contribution >= 4 is 22.6 Å². The van der Waals surface area contributed by atoms with Crippen molar-refractivity contribution in [2.24, 2.45) is 0 Å². The molecule has 1 unspecified atom stereocenters. The first kappa shape index (κ1) is 21.0. The number of aliphatic carboxylic acids is 1. The number of carboxylic acid groups (broad SMARTS) is 1. The lowest BCUT2D eigenvalue weighted by Gasteiger charge is -2.17. The van der Waals surface area contributed by atoms with Crippen LogP contribution in [0.2, 0.25) is 0 Å². The van der Waals surface area contributed by atoms with Crippen LogP contribution in [0.3, 0.4) is 0 Å². The molecule has 0 aliphatic carbocycles. The standard InChI is InChI=1S/C26H20FN3O2/c1-15-4-3-5-19(12-15)17-6-8-18(9-7-17)24-22(14-28)25(29-16(2)26(31)32)21-13-20(27)10-11-23(21)30-24/h3-13,16H,1-2H3,(H,29,30)(H,31,32). The molecule has 6 heteroatoms. The fraction of sp³-hybridized carbons (Fsp3) is 0.115. The van der Waals surface area contributed by atoms with Gasteiger partial charge in [-0.1, -0.05) is 54.1 Å². The maximum atomic E-state index is 14.0. The first-order valence-corrected chi connectivity index (χ1v) is 10.1. The van der Waals surface area contributed by atoms with Crippen LogP contribution < -0.4 is 5.32 Å². The van der Waals surface area contributed by atoms with Crippen LogP contribution in [0.1, 0.15) is 18.1 Å². The Kier molecular flexibility index (Phi) is 5.57. The van der Waals surface area contributed by atoms with Gasteiger partial charge in [-0.15, -0.1) is 0 Å². The molecular weight excluding hydrogens is 405 g/mol. The van der Waals surface area contributed by atoms with Crippen molar-refractivity contribution in [1.29, 1.82) is 5.26 Å². The van der Waals surface area contributed by atoms with Gasteiger partial charge in [0.1, 0.15) is 23.5 Å². The van der Waals surface area contributed by atoms with Crippen LogP contribution in [0.15, 0.2) is 66.7 Å². The fourth-order valence-electron chi connectivity index (χ4n) is 3.63. The van der Waals surface area contributed by atoms with Crippen molar-refractivity contribution in [1.82, 2.24) is 4.98 Å². The summed E-state index contributed by atoms with van der Waals surface area (Å²) in [7, 11) is 0. The minimum absolute atomic E-state index is 0.166. The molecule has 0 aliphatic rings. The predicted octanol–water partition coefficient (Wildman–Crippen LogP) is 5.77. The second kappa shape index (κ2) is 8.48. The van der Waals surface area contributed by atoms with Crippen molar-refractivity contribution in [3.63, 3.8) is 0 Å². The van der Waals surface area contributed by atoms with Gasteiger partial charge in [-0.25, -0.2) is 9.37 Å². The number of nitrogens with zero attached hydrogens (tertiary/aromatic N) is 2. The number of nitrogens with one attached hydrogen (secondary N) is 1. The van der Waals surface area contributed by atoms with Gasteiger partial charge in [-0.05, 0) is 43.2 Å². The number of hydrogen-bond donors (Lipinski definition) is 2. The van der Waals surface area contributed by atoms with E-state index in [2.05, 4.69) is 22.4 Å². The number of halogens is 1. The quantitative estimate of drug-likeness (QED) is 0.424. The van der Waals surface area contributed by atoms with Crippen LogP contribution in [0.25, 0.3) is 33.3 Å². The third kappa shape index (κ3) is 4.01. The molecule has 4 rings (SSSR count). The van der Waals surface area contributed by atoms with Crippen molar-refractivity contribution in [2.75, 3.05) is 5.32 Å². The van der Waals surface area contributed by atoms with Crippen LogP contribution in [0, 0.1) is 24.1 Å². The third-order valence-corrected chi connectivity index (χ3v) is 5.30. The van der Waals surface area contributed by atoms with Crippen molar-refractivity contribution in [3.8, 4) is 28.5 Å². The highest BCUT2D eigenvalue weighted by atomic mass is 19.1. The van der Waals surface area contributed by atoms with Crippen molar-refractivity contribution in [2.45, 2.75) is 19.9 Å². The van der Waals surface area contributed by atoms with Gasteiger partial charge in [0.25, 0.3) is 0 Å².